The Hall–Kier alpha value is -1.55. The molecule has 0 aliphatic carbocycles. The zero-order valence-electron chi connectivity index (χ0n) is 7.74. The first-order chi connectivity index (χ1) is 7.08. The Balaban J connectivity index is 2.34. The van der Waals surface area contributed by atoms with Gasteiger partial charge in [0.2, 0.25) is 5.91 Å². The molecule has 0 atom stereocenters. The summed E-state index contributed by atoms with van der Waals surface area (Å²) in [5.74, 6) is -0.461. The molecular formula is C10H8ClNO3. The number of aromatic hydroxyl groups is 1. The lowest BCUT2D eigenvalue weighted by atomic mass is 10.3. The summed E-state index contributed by atoms with van der Waals surface area (Å²) in [5, 5.41) is 9.58. The minimum atomic E-state index is -0.248. The minimum absolute atomic E-state index is 0.0661. The highest BCUT2D eigenvalue weighted by Crippen LogP contribution is 2.29. The predicted octanol–water partition coefficient (Wildman–Crippen LogP) is 1.35. The van der Waals surface area contributed by atoms with Crippen LogP contribution in [0.15, 0.2) is 18.2 Å². The summed E-state index contributed by atoms with van der Waals surface area (Å²) in [7, 11) is 0. The van der Waals surface area contributed by atoms with Gasteiger partial charge in [0.1, 0.15) is 5.75 Å². The van der Waals surface area contributed by atoms with E-state index < -0.39 is 0 Å². The number of anilines is 1. The van der Waals surface area contributed by atoms with Crippen LogP contribution in [0, 0.1) is 0 Å². The Morgan fingerprint density at radius 2 is 2.07 bits per heavy atom. The van der Waals surface area contributed by atoms with Gasteiger partial charge < -0.3 is 10.0 Å². The quantitative estimate of drug-likeness (QED) is 0.734. The van der Waals surface area contributed by atoms with E-state index in [0.29, 0.717) is 5.69 Å². The van der Waals surface area contributed by atoms with E-state index in [1.807, 2.05) is 0 Å². The molecule has 0 unspecified atom stereocenters. The molecule has 5 heteroatoms. The van der Waals surface area contributed by atoms with Crippen LogP contribution in [-0.2, 0) is 9.59 Å². The van der Waals surface area contributed by atoms with Gasteiger partial charge in [0, 0.05) is 11.8 Å². The van der Waals surface area contributed by atoms with Gasteiger partial charge in [0.25, 0.3) is 0 Å². The van der Waals surface area contributed by atoms with Crippen molar-refractivity contribution in [1.82, 2.24) is 0 Å². The van der Waals surface area contributed by atoms with Gasteiger partial charge in [-0.1, -0.05) is 11.6 Å². The summed E-state index contributed by atoms with van der Waals surface area (Å²) in [6, 6.07) is 4.46. The number of phenols is 1. The van der Waals surface area contributed by atoms with Crippen molar-refractivity contribution in [1.29, 1.82) is 0 Å². The van der Waals surface area contributed by atoms with Crippen LogP contribution in [0.1, 0.15) is 6.42 Å². The third kappa shape index (κ3) is 1.80. The molecular weight excluding hydrogens is 218 g/mol. The summed E-state index contributed by atoms with van der Waals surface area (Å²) in [6.07, 6.45) is -0.0661. The van der Waals surface area contributed by atoms with E-state index in [1.165, 1.54) is 17.0 Å². The van der Waals surface area contributed by atoms with Gasteiger partial charge in [0.05, 0.1) is 18.0 Å². The van der Waals surface area contributed by atoms with E-state index in [1.54, 1.807) is 6.07 Å². The van der Waals surface area contributed by atoms with Gasteiger partial charge in [-0.25, -0.2) is 0 Å². The maximum Gasteiger partial charge on any atom is 0.234 e. The van der Waals surface area contributed by atoms with Gasteiger partial charge in [-0.05, 0) is 12.1 Å². The van der Waals surface area contributed by atoms with Gasteiger partial charge >= 0.3 is 0 Å². The number of benzene rings is 1. The molecule has 1 amide bonds. The molecule has 1 aromatic carbocycles. The Bertz CT molecular complexity index is 444. The number of halogens is 1. The second kappa shape index (κ2) is 3.55. The van der Waals surface area contributed by atoms with E-state index in [4.69, 9.17) is 11.6 Å². The van der Waals surface area contributed by atoms with E-state index in [2.05, 4.69) is 0 Å². The molecule has 1 heterocycles. The average molecular weight is 226 g/mol. The molecule has 0 saturated carbocycles. The molecule has 1 saturated heterocycles. The molecule has 78 valence electrons. The first-order valence-electron chi connectivity index (χ1n) is 4.38. The smallest absolute Gasteiger partial charge is 0.234 e. The number of hydrogen-bond acceptors (Lipinski definition) is 3. The Kier molecular flexibility index (Phi) is 2.36. The molecule has 2 rings (SSSR count). The molecule has 15 heavy (non-hydrogen) atoms. The summed E-state index contributed by atoms with van der Waals surface area (Å²) < 4.78 is 0. The van der Waals surface area contributed by atoms with Crippen LogP contribution in [0.5, 0.6) is 5.75 Å². The maximum absolute atomic E-state index is 11.4. The number of carbonyl (C=O) groups excluding carboxylic acids is 2. The number of Topliss-reactive ketones (excluding diaryl/α,β-unsaturated/α-hetero) is 1. The van der Waals surface area contributed by atoms with Crippen LogP contribution in [0.25, 0.3) is 0 Å². The molecule has 1 aliphatic rings. The average Bonchev–Trinajstić information content (AvgIpc) is 2.50. The fourth-order valence-corrected chi connectivity index (χ4v) is 1.61. The van der Waals surface area contributed by atoms with Gasteiger partial charge in [-0.15, -0.1) is 0 Å². The van der Waals surface area contributed by atoms with Crippen molar-refractivity contribution in [2.45, 2.75) is 6.42 Å². The second-order valence-electron chi connectivity index (χ2n) is 3.33. The topological polar surface area (TPSA) is 57.6 Å². The van der Waals surface area contributed by atoms with Crippen molar-refractivity contribution in [3.63, 3.8) is 0 Å². The molecule has 4 nitrogen and oxygen atoms in total. The maximum atomic E-state index is 11.4. The molecule has 0 radical (unpaired) electrons. The summed E-state index contributed by atoms with van der Waals surface area (Å²) >= 11 is 5.63. The highest BCUT2D eigenvalue weighted by atomic mass is 35.5. The lowest BCUT2D eigenvalue weighted by Crippen LogP contribution is -2.24. The fraction of sp³-hybridized carbons (Fsp3) is 0.200. The predicted molar refractivity (Wildman–Crippen MR) is 55.1 cm³/mol. The Labute approximate surface area is 91.1 Å². The van der Waals surface area contributed by atoms with Crippen LogP contribution < -0.4 is 4.90 Å². The highest BCUT2D eigenvalue weighted by Gasteiger charge is 2.28. The lowest BCUT2D eigenvalue weighted by molar-refractivity contribution is -0.121. The molecule has 1 N–H and O–H groups in total. The van der Waals surface area contributed by atoms with Crippen LogP contribution in [-0.4, -0.2) is 23.3 Å². The highest BCUT2D eigenvalue weighted by molar-refractivity contribution is 6.32. The van der Waals surface area contributed by atoms with Crippen molar-refractivity contribution >= 4 is 29.0 Å². The Morgan fingerprint density at radius 1 is 1.33 bits per heavy atom. The van der Waals surface area contributed by atoms with Crippen molar-refractivity contribution < 1.29 is 14.7 Å². The zero-order valence-corrected chi connectivity index (χ0v) is 8.49. The molecule has 1 aliphatic heterocycles. The van der Waals surface area contributed by atoms with Crippen LogP contribution in [0.3, 0.4) is 0 Å². The lowest BCUT2D eigenvalue weighted by Gasteiger charge is -2.14. The molecule has 0 bridgehead atoms. The van der Waals surface area contributed by atoms with Crippen molar-refractivity contribution in [3.8, 4) is 5.75 Å². The van der Waals surface area contributed by atoms with E-state index in [9.17, 15) is 14.7 Å². The van der Waals surface area contributed by atoms with E-state index in [-0.39, 0.29) is 35.4 Å². The van der Waals surface area contributed by atoms with Crippen molar-refractivity contribution in [2.75, 3.05) is 11.4 Å². The molecule has 0 aromatic heterocycles. The molecule has 1 fully saturated rings. The number of rotatable bonds is 1. The van der Waals surface area contributed by atoms with Crippen molar-refractivity contribution in [2.24, 2.45) is 0 Å². The number of amides is 1. The van der Waals surface area contributed by atoms with Crippen molar-refractivity contribution in [3.05, 3.63) is 23.2 Å². The number of ketones is 1. The summed E-state index contributed by atoms with van der Waals surface area (Å²) in [5.41, 5.74) is 0.493. The summed E-state index contributed by atoms with van der Waals surface area (Å²) in [6.45, 7) is 0.0694. The van der Waals surface area contributed by atoms with Gasteiger partial charge in [0.15, 0.2) is 5.78 Å². The second-order valence-corrected chi connectivity index (χ2v) is 3.74. The van der Waals surface area contributed by atoms with E-state index >= 15 is 0 Å². The minimum Gasteiger partial charge on any atom is -0.506 e. The Morgan fingerprint density at radius 3 is 2.60 bits per heavy atom. The third-order valence-corrected chi connectivity index (χ3v) is 2.54. The SMILES string of the molecule is O=C1CC(=O)N(c2ccc(Cl)c(O)c2)C1. The first kappa shape index (κ1) is 9.98. The van der Waals surface area contributed by atoms with Crippen LogP contribution in [0.2, 0.25) is 5.02 Å². The van der Waals surface area contributed by atoms with Gasteiger partial charge in [-0.3, -0.25) is 9.59 Å². The molecule has 1 aromatic rings. The largest absolute Gasteiger partial charge is 0.506 e. The number of hydrogen-bond donors (Lipinski definition) is 1. The standard InChI is InChI=1S/C10H8ClNO3/c11-8-2-1-6(3-9(8)14)12-5-7(13)4-10(12)15/h1-3,14H,4-5H2. The van der Waals surface area contributed by atoms with Crippen LogP contribution in [0.4, 0.5) is 5.69 Å². The normalized spacial score (nSPS) is 16.2. The van der Waals surface area contributed by atoms with E-state index in [0.717, 1.165) is 0 Å². The number of nitrogens with zero attached hydrogens (tertiary/aromatic N) is 1. The monoisotopic (exact) mass is 225 g/mol. The first-order valence-corrected chi connectivity index (χ1v) is 4.76. The van der Waals surface area contributed by atoms with Gasteiger partial charge in [-0.2, -0.15) is 0 Å². The molecule has 0 spiro atoms. The van der Waals surface area contributed by atoms with Crippen LogP contribution >= 0.6 is 11.6 Å². The summed E-state index contributed by atoms with van der Waals surface area (Å²) in [4.78, 5) is 23.7. The third-order valence-electron chi connectivity index (χ3n) is 2.23. The number of phenolic OH excluding ortho intramolecular Hbond substituents is 1. The fourth-order valence-electron chi connectivity index (χ4n) is 1.49. The zero-order chi connectivity index (χ0) is 11.0. The number of carbonyl (C=O) groups is 2.